The summed E-state index contributed by atoms with van der Waals surface area (Å²) in [6.07, 6.45) is 5.72. The molecular weight excluding hydrogens is 579 g/mol. The lowest BCUT2D eigenvalue weighted by Gasteiger charge is -2.30. The minimum Gasteiger partial charge on any atom is -0.489 e. The van der Waals surface area contributed by atoms with Crippen LogP contribution in [0.1, 0.15) is 31.4 Å². The summed E-state index contributed by atoms with van der Waals surface area (Å²) in [4.78, 5) is 9.31. The average molecular weight is 609 g/mol. The van der Waals surface area contributed by atoms with E-state index in [0.717, 1.165) is 16.5 Å². The molecule has 0 spiro atoms. The molecule has 1 aliphatic heterocycles. The Bertz CT molecular complexity index is 1760. The van der Waals surface area contributed by atoms with Crippen LogP contribution in [0.3, 0.4) is 0 Å². The van der Waals surface area contributed by atoms with Crippen molar-refractivity contribution in [2.24, 2.45) is 5.92 Å². The highest BCUT2D eigenvalue weighted by molar-refractivity contribution is 7.73. The van der Waals surface area contributed by atoms with Gasteiger partial charge in [-0.25, -0.2) is 14.4 Å². The zero-order chi connectivity index (χ0) is 29.7. The first-order valence-electron chi connectivity index (χ1n) is 13.4. The highest BCUT2D eigenvalue weighted by Gasteiger charge is 2.35. The third kappa shape index (κ3) is 6.73. The minimum atomic E-state index is -2.26. The second kappa shape index (κ2) is 12.9. The van der Waals surface area contributed by atoms with E-state index in [2.05, 4.69) is 20.6 Å². The van der Waals surface area contributed by atoms with Crippen molar-refractivity contribution in [2.75, 3.05) is 18.4 Å². The molecule has 42 heavy (non-hydrogen) atoms. The van der Waals surface area contributed by atoms with Crippen molar-refractivity contribution in [3.8, 4) is 5.75 Å². The van der Waals surface area contributed by atoms with Crippen LogP contribution in [0.4, 0.5) is 15.9 Å². The van der Waals surface area contributed by atoms with Crippen molar-refractivity contribution in [2.45, 2.75) is 32.5 Å². The second-order valence-corrected chi connectivity index (χ2v) is 11.7. The normalized spacial score (nSPS) is 16.0. The number of halogens is 2. The zero-order valence-corrected chi connectivity index (χ0v) is 24.7. The molecular formula is C31H30ClFN4O4S. The average Bonchev–Trinajstić information content (AvgIpc) is 3.44. The summed E-state index contributed by atoms with van der Waals surface area (Å²) in [5.74, 6) is 0.636. The molecule has 218 valence electrons. The molecule has 0 radical (unpaired) electrons. The standard InChI is InChI=1S/C31H30ClFN4O4S/c1-20(2)29(42(38)39)16-34-18-31(11-4-12-41-31)22-7-9-27-25(14-22)30(36-19-35-27)37-24-8-10-28(26(32)15-24)40-17-21-5-3-6-23(33)13-21/h3-10,12-15,19-20,34H,11,16-18H2,1-2H3,(H,35,36,37). The maximum Gasteiger partial charge on any atom is 0.214 e. The van der Waals surface area contributed by atoms with Gasteiger partial charge in [0.05, 0.1) is 21.7 Å². The van der Waals surface area contributed by atoms with E-state index in [1.165, 1.54) is 18.5 Å². The van der Waals surface area contributed by atoms with Crippen molar-refractivity contribution >= 4 is 49.2 Å². The van der Waals surface area contributed by atoms with Gasteiger partial charge in [0.1, 0.15) is 35.9 Å². The first kappa shape index (κ1) is 29.5. The molecule has 5 rings (SSSR count). The Morgan fingerprint density at radius 2 is 2.00 bits per heavy atom. The molecule has 1 unspecified atom stereocenters. The van der Waals surface area contributed by atoms with Crippen molar-refractivity contribution < 1.29 is 22.3 Å². The number of aromatic nitrogens is 2. The van der Waals surface area contributed by atoms with Crippen LogP contribution in [-0.2, 0) is 27.2 Å². The van der Waals surface area contributed by atoms with Crippen molar-refractivity contribution in [3.63, 3.8) is 0 Å². The number of rotatable bonds is 11. The van der Waals surface area contributed by atoms with E-state index >= 15 is 0 Å². The number of hydrogen-bond acceptors (Lipinski definition) is 8. The number of ether oxygens (including phenoxy) is 2. The van der Waals surface area contributed by atoms with E-state index < -0.39 is 15.9 Å². The highest BCUT2D eigenvalue weighted by atomic mass is 35.5. The van der Waals surface area contributed by atoms with Gasteiger partial charge in [-0.2, -0.15) is 8.42 Å². The third-order valence-corrected chi connectivity index (χ3v) is 8.38. The molecule has 3 aromatic carbocycles. The Morgan fingerprint density at radius 3 is 2.71 bits per heavy atom. The van der Waals surface area contributed by atoms with Crippen LogP contribution >= 0.6 is 11.6 Å². The lowest BCUT2D eigenvalue weighted by atomic mass is 9.90. The van der Waals surface area contributed by atoms with Gasteiger partial charge < -0.3 is 20.1 Å². The molecule has 1 aromatic heterocycles. The van der Waals surface area contributed by atoms with Crippen molar-refractivity contribution in [1.29, 1.82) is 0 Å². The summed E-state index contributed by atoms with van der Waals surface area (Å²) in [7, 11) is -2.26. The van der Waals surface area contributed by atoms with Gasteiger partial charge in [0.15, 0.2) is 0 Å². The summed E-state index contributed by atoms with van der Waals surface area (Å²) in [5.41, 5.74) is 2.32. The third-order valence-electron chi connectivity index (χ3n) is 7.04. The van der Waals surface area contributed by atoms with Gasteiger partial charge in [0, 0.05) is 30.6 Å². The Balaban J connectivity index is 1.36. The van der Waals surface area contributed by atoms with E-state index in [-0.39, 0.29) is 24.9 Å². The van der Waals surface area contributed by atoms with Gasteiger partial charge in [-0.15, -0.1) is 0 Å². The summed E-state index contributed by atoms with van der Waals surface area (Å²) in [6.45, 7) is 4.54. The first-order valence-corrected chi connectivity index (χ1v) is 14.9. The molecule has 2 heterocycles. The van der Waals surface area contributed by atoms with E-state index in [1.807, 2.05) is 44.2 Å². The Labute approximate surface area is 250 Å². The molecule has 1 atom stereocenters. The molecule has 2 N–H and O–H groups in total. The predicted molar refractivity (Wildman–Crippen MR) is 163 cm³/mol. The van der Waals surface area contributed by atoms with Crippen LogP contribution in [0, 0.1) is 11.7 Å². The maximum atomic E-state index is 13.5. The number of fused-ring (bicyclic) bond motifs is 1. The van der Waals surface area contributed by atoms with Gasteiger partial charge in [-0.3, -0.25) is 0 Å². The lowest BCUT2D eigenvalue weighted by molar-refractivity contribution is 0.0425. The first-order chi connectivity index (χ1) is 20.2. The van der Waals surface area contributed by atoms with Crippen LogP contribution in [0.15, 0.2) is 79.3 Å². The van der Waals surface area contributed by atoms with E-state index in [4.69, 9.17) is 21.1 Å². The lowest BCUT2D eigenvalue weighted by Crippen LogP contribution is -2.40. The van der Waals surface area contributed by atoms with Gasteiger partial charge in [-0.05, 0) is 65.6 Å². The van der Waals surface area contributed by atoms with Crippen LogP contribution in [0.25, 0.3) is 10.9 Å². The molecule has 0 amide bonds. The molecule has 0 fully saturated rings. The number of anilines is 2. The van der Waals surface area contributed by atoms with E-state index in [9.17, 15) is 12.8 Å². The van der Waals surface area contributed by atoms with E-state index in [1.54, 1.807) is 30.5 Å². The maximum absolute atomic E-state index is 13.5. The summed E-state index contributed by atoms with van der Waals surface area (Å²) < 4.78 is 48.6. The molecule has 1 aliphatic rings. The molecule has 8 nitrogen and oxygen atoms in total. The van der Waals surface area contributed by atoms with Crippen molar-refractivity contribution in [3.05, 3.63) is 101 Å². The van der Waals surface area contributed by atoms with Gasteiger partial charge in [0.25, 0.3) is 0 Å². The molecule has 0 aliphatic carbocycles. The van der Waals surface area contributed by atoms with Crippen molar-refractivity contribution in [1.82, 2.24) is 15.3 Å². The molecule has 0 saturated heterocycles. The highest BCUT2D eigenvalue weighted by Crippen LogP contribution is 2.37. The summed E-state index contributed by atoms with van der Waals surface area (Å²) in [5, 5.41) is 7.78. The topological polar surface area (TPSA) is 102 Å². The molecule has 4 aromatic rings. The Kier molecular flexibility index (Phi) is 9.06. The second-order valence-electron chi connectivity index (χ2n) is 10.3. The van der Waals surface area contributed by atoms with Crippen LogP contribution < -0.4 is 15.4 Å². The largest absolute Gasteiger partial charge is 0.489 e. The van der Waals surface area contributed by atoms with Crippen LogP contribution in [0.2, 0.25) is 5.02 Å². The molecule has 0 saturated carbocycles. The zero-order valence-electron chi connectivity index (χ0n) is 23.1. The fourth-order valence-electron chi connectivity index (χ4n) is 4.77. The van der Waals surface area contributed by atoms with E-state index in [0.29, 0.717) is 45.7 Å². The Morgan fingerprint density at radius 1 is 1.14 bits per heavy atom. The molecule has 0 bridgehead atoms. The van der Waals surface area contributed by atoms with Crippen LogP contribution in [-0.4, -0.2) is 36.3 Å². The SMILES string of the molecule is CC(C)C(CNCC1(c2ccc3ncnc(Nc4ccc(OCc5cccc(F)c5)c(Cl)c4)c3c2)CC=CO1)=S(=O)=O. The Hall–Kier alpha value is -3.99. The number of hydrogen-bond donors (Lipinski definition) is 2. The quantitative estimate of drug-likeness (QED) is 0.195. The smallest absolute Gasteiger partial charge is 0.214 e. The minimum absolute atomic E-state index is 0.0941. The number of nitrogens with one attached hydrogen (secondary N) is 2. The number of nitrogens with zero attached hydrogens (tertiary/aromatic N) is 2. The van der Waals surface area contributed by atoms with Gasteiger partial charge in [0.2, 0.25) is 10.3 Å². The predicted octanol–water partition coefficient (Wildman–Crippen LogP) is 6.17. The van der Waals surface area contributed by atoms with Gasteiger partial charge in [-0.1, -0.05) is 43.6 Å². The fraction of sp³-hybridized carbons (Fsp3) is 0.258. The fourth-order valence-corrected chi connectivity index (χ4v) is 5.61. The monoisotopic (exact) mass is 608 g/mol. The molecule has 11 heteroatoms. The van der Waals surface area contributed by atoms with Crippen LogP contribution in [0.5, 0.6) is 5.75 Å². The summed E-state index contributed by atoms with van der Waals surface area (Å²) in [6, 6.07) is 17.4. The number of benzene rings is 3. The summed E-state index contributed by atoms with van der Waals surface area (Å²) >= 11 is 6.51. The van der Waals surface area contributed by atoms with Gasteiger partial charge >= 0.3 is 0 Å².